The first-order valence-corrected chi connectivity index (χ1v) is 9.48. The molecule has 2 aliphatic carbocycles. The monoisotopic (exact) mass is 348 g/mol. The maximum absolute atomic E-state index is 12.8. The van der Waals surface area contributed by atoms with Crippen molar-refractivity contribution in [3.8, 4) is 0 Å². The number of rotatable bonds is 5. The molecule has 4 aliphatic rings. The smallest absolute Gasteiger partial charge is 0.316 e. The third-order valence-corrected chi connectivity index (χ3v) is 7.48. The lowest BCUT2D eigenvalue weighted by Crippen LogP contribution is -2.61. The maximum atomic E-state index is 12.8. The number of hydrogen-bond donors (Lipinski definition) is 1. The second-order valence-corrected chi connectivity index (χ2v) is 8.91. The lowest BCUT2D eigenvalue weighted by atomic mass is 9.55. The zero-order valence-electron chi connectivity index (χ0n) is 15.3. The van der Waals surface area contributed by atoms with Crippen LogP contribution in [-0.2, 0) is 19.1 Å². The van der Waals surface area contributed by atoms with E-state index in [-0.39, 0.29) is 29.4 Å². The van der Waals surface area contributed by atoms with Crippen molar-refractivity contribution in [2.45, 2.75) is 88.6 Å². The van der Waals surface area contributed by atoms with Crippen LogP contribution in [0.3, 0.4) is 0 Å². The van der Waals surface area contributed by atoms with Gasteiger partial charge in [-0.3, -0.25) is 9.59 Å². The average Bonchev–Trinajstić information content (AvgIpc) is 2.95. The van der Waals surface area contributed by atoms with Gasteiger partial charge in [0.25, 0.3) is 0 Å². The van der Waals surface area contributed by atoms with Crippen LogP contribution in [0.4, 0.5) is 0 Å². The van der Waals surface area contributed by atoms with Gasteiger partial charge in [-0.15, -0.1) is 0 Å². The number of ether oxygens (including phenoxy) is 2. The Labute approximate surface area is 148 Å². The Morgan fingerprint density at radius 3 is 2.80 bits per heavy atom. The molecule has 2 heterocycles. The molecule has 0 amide bonds. The van der Waals surface area contributed by atoms with Crippen molar-refractivity contribution in [1.82, 2.24) is 0 Å². The van der Waals surface area contributed by atoms with Crippen molar-refractivity contribution in [1.29, 1.82) is 0 Å². The van der Waals surface area contributed by atoms with Gasteiger partial charge < -0.3 is 14.6 Å². The molecule has 25 heavy (non-hydrogen) atoms. The Kier molecular flexibility index (Phi) is 3.56. The molecule has 5 nitrogen and oxygen atoms in total. The third kappa shape index (κ3) is 2.15. The summed E-state index contributed by atoms with van der Waals surface area (Å²) in [6.07, 6.45) is 8.85. The van der Waals surface area contributed by atoms with E-state index in [2.05, 4.69) is 6.92 Å². The highest BCUT2D eigenvalue weighted by Crippen LogP contribution is 2.68. The van der Waals surface area contributed by atoms with Gasteiger partial charge in [-0.25, -0.2) is 0 Å². The van der Waals surface area contributed by atoms with Crippen molar-refractivity contribution < 1.29 is 24.2 Å². The highest BCUT2D eigenvalue weighted by Gasteiger charge is 2.78. The average molecular weight is 348 g/mol. The van der Waals surface area contributed by atoms with Crippen LogP contribution in [0.15, 0.2) is 12.2 Å². The molecule has 6 atom stereocenters. The molecule has 138 valence electrons. The topological polar surface area (TPSA) is 76.1 Å². The molecular weight excluding hydrogens is 320 g/mol. The number of carbonyl (C=O) groups excluding carboxylic acids is 2. The Bertz CT molecular complexity index is 656. The number of allylic oxidation sites excluding steroid dienone is 1. The highest BCUT2D eigenvalue weighted by atomic mass is 16.6. The summed E-state index contributed by atoms with van der Waals surface area (Å²) in [5, 5.41) is 11.4. The molecule has 5 heteroatoms. The van der Waals surface area contributed by atoms with Crippen molar-refractivity contribution in [2.75, 3.05) is 0 Å². The zero-order valence-corrected chi connectivity index (χ0v) is 15.3. The number of ketones is 1. The van der Waals surface area contributed by atoms with Crippen LogP contribution in [0.1, 0.15) is 65.7 Å². The second-order valence-electron chi connectivity index (χ2n) is 8.91. The molecule has 1 N–H and O–H groups in total. The lowest BCUT2D eigenvalue weighted by molar-refractivity contribution is -0.164. The minimum absolute atomic E-state index is 0.0379. The molecule has 0 radical (unpaired) electrons. The Morgan fingerprint density at radius 1 is 1.32 bits per heavy atom. The molecule has 2 saturated heterocycles. The van der Waals surface area contributed by atoms with Gasteiger partial charge in [-0.1, -0.05) is 6.08 Å². The van der Waals surface area contributed by atoms with E-state index in [0.29, 0.717) is 12.8 Å². The van der Waals surface area contributed by atoms with Crippen LogP contribution >= 0.6 is 0 Å². The van der Waals surface area contributed by atoms with Gasteiger partial charge in [-0.2, -0.15) is 0 Å². The van der Waals surface area contributed by atoms with Gasteiger partial charge in [-0.05, 0) is 77.7 Å². The number of esters is 1. The molecule has 0 spiro atoms. The summed E-state index contributed by atoms with van der Waals surface area (Å²) in [6.45, 7) is 5.49. The summed E-state index contributed by atoms with van der Waals surface area (Å²) in [7, 11) is 0. The molecule has 0 aromatic heterocycles. The molecule has 0 aromatic rings. The van der Waals surface area contributed by atoms with Gasteiger partial charge in [0.2, 0.25) is 0 Å². The summed E-state index contributed by atoms with van der Waals surface area (Å²) >= 11 is 0. The van der Waals surface area contributed by atoms with E-state index >= 15 is 0 Å². The van der Waals surface area contributed by atoms with Crippen LogP contribution in [0.5, 0.6) is 0 Å². The van der Waals surface area contributed by atoms with Crippen LogP contribution in [-0.4, -0.2) is 39.8 Å². The van der Waals surface area contributed by atoms with Crippen molar-refractivity contribution in [3.05, 3.63) is 12.2 Å². The van der Waals surface area contributed by atoms with E-state index in [1.807, 2.05) is 13.0 Å². The number of aliphatic hydroxyl groups is 1. The minimum Gasteiger partial charge on any atom is -0.456 e. The highest BCUT2D eigenvalue weighted by molar-refractivity contribution is 5.87. The van der Waals surface area contributed by atoms with Gasteiger partial charge in [0, 0.05) is 0 Å². The predicted molar refractivity (Wildman–Crippen MR) is 90.8 cm³/mol. The Hall–Kier alpha value is -1.20. The fourth-order valence-electron chi connectivity index (χ4n) is 5.91. The minimum atomic E-state index is -1.03. The molecule has 2 aliphatic heterocycles. The third-order valence-electron chi connectivity index (χ3n) is 7.48. The van der Waals surface area contributed by atoms with Crippen LogP contribution in [0.25, 0.3) is 0 Å². The van der Waals surface area contributed by atoms with Crippen LogP contribution in [0, 0.1) is 11.3 Å². The molecular formula is C20H28O5. The van der Waals surface area contributed by atoms with E-state index in [1.165, 1.54) is 6.92 Å². The van der Waals surface area contributed by atoms with Crippen LogP contribution < -0.4 is 0 Å². The van der Waals surface area contributed by atoms with E-state index in [4.69, 9.17) is 9.47 Å². The Morgan fingerprint density at radius 2 is 2.08 bits per heavy atom. The molecule has 4 fully saturated rings. The van der Waals surface area contributed by atoms with E-state index in [9.17, 15) is 14.7 Å². The van der Waals surface area contributed by atoms with Gasteiger partial charge >= 0.3 is 5.97 Å². The summed E-state index contributed by atoms with van der Waals surface area (Å²) in [6, 6.07) is 0. The number of hydrogen-bond acceptors (Lipinski definition) is 5. The summed E-state index contributed by atoms with van der Waals surface area (Å²) < 4.78 is 11.7. The first-order chi connectivity index (χ1) is 11.7. The summed E-state index contributed by atoms with van der Waals surface area (Å²) in [4.78, 5) is 23.9. The van der Waals surface area contributed by atoms with Gasteiger partial charge in [0.05, 0.1) is 11.7 Å². The summed E-state index contributed by atoms with van der Waals surface area (Å²) in [5.41, 5.74) is -2.76. The molecule has 4 rings (SSSR count). The SMILES string of the molecule is CC(=O)C=CCC1(C)OC1CC1CCC2(C)OC(=O)C13CCCC23O. The van der Waals surface area contributed by atoms with E-state index < -0.39 is 16.6 Å². The maximum Gasteiger partial charge on any atom is 0.316 e. The normalized spacial score (nSPS) is 50.8. The Balaban J connectivity index is 1.51. The fourth-order valence-corrected chi connectivity index (χ4v) is 5.91. The second kappa shape index (κ2) is 5.17. The van der Waals surface area contributed by atoms with Crippen molar-refractivity contribution in [2.24, 2.45) is 11.3 Å². The van der Waals surface area contributed by atoms with Crippen molar-refractivity contribution in [3.63, 3.8) is 0 Å². The molecule has 2 bridgehead atoms. The van der Waals surface area contributed by atoms with Gasteiger partial charge in [0.15, 0.2) is 5.78 Å². The lowest BCUT2D eigenvalue weighted by Gasteiger charge is -2.49. The van der Waals surface area contributed by atoms with E-state index in [1.54, 1.807) is 6.08 Å². The summed E-state index contributed by atoms with van der Waals surface area (Å²) in [5.74, 6) is -0.0565. The predicted octanol–water partition coefficient (Wildman–Crippen LogP) is 2.70. The molecule has 6 unspecified atom stereocenters. The van der Waals surface area contributed by atoms with E-state index in [0.717, 1.165) is 32.1 Å². The first kappa shape index (κ1) is 17.2. The standard InChI is InChI=1S/C20H28O5/c1-13(21)6-4-8-17(2)15(24-17)12-14-7-11-18(3)20(23)10-5-9-19(14,20)16(22)25-18/h4,6,14-15,23H,5,7-12H2,1-3H3. The van der Waals surface area contributed by atoms with Gasteiger partial charge in [0.1, 0.15) is 16.6 Å². The first-order valence-electron chi connectivity index (χ1n) is 9.48. The largest absolute Gasteiger partial charge is 0.456 e. The fraction of sp³-hybridized carbons (Fsp3) is 0.800. The number of carbonyl (C=O) groups is 2. The molecule has 0 aromatic carbocycles. The zero-order chi connectivity index (χ0) is 18.1. The number of epoxide rings is 1. The molecule has 2 saturated carbocycles. The quantitative estimate of drug-likeness (QED) is 0.470. The van der Waals surface area contributed by atoms with Crippen LogP contribution in [0.2, 0.25) is 0 Å². The van der Waals surface area contributed by atoms with Crippen molar-refractivity contribution >= 4 is 11.8 Å².